The van der Waals surface area contributed by atoms with E-state index in [4.69, 9.17) is 9.47 Å². The van der Waals surface area contributed by atoms with Crippen molar-refractivity contribution in [2.24, 2.45) is 5.92 Å². The lowest BCUT2D eigenvalue weighted by atomic mass is 10.1. The highest BCUT2D eigenvalue weighted by Crippen LogP contribution is 2.25. The third-order valence-corrected chi connectivity index (χ3v) is 5.75. The van der Waals surface area contributed by atoms with Crippen molar-refractivity contribution in [3.8, 4) is 0 Å². The molecule has 4 rings (SSSR count). The number of amides is 2. The zero-order valence-electron chi connectivity index (χ0n) is 15.7. The maximum Gasteiger partial charge on any atom is 0.274 e. The van der Waals surface area contributed by atoms with Crippen LogP contribution in [-0.4, -0.2) is 65.9 Å². The molecule has 3 heterocycles. The highest BCUT2D eigenvalue weighted by atomic mass is 16.5. The van der Waals surface area contributed by atoms with Gasteiger partial charge in [-0.15, -0.1) is 0 Å². The fraction of sp³-hybridized carbons (Fsp3) is 0.737. The van der Waals surface area contributed by atoms with Gasteiger partial charge in [-0.25, -0.2) is 0 Å². The van der Waals surface area contributed by atoms with E-state index in [-0.39, 0.29) is 17.7 Å². The molecule has 0 spiro atoms. The lowest BCUT2D eigenvalue weighted by molar-refractivity contribution is -0.124. The van der Waals surface area contributed by atoms with Crippen molar-refractivity contribution in [2.75, 3.05) is 39.5 Å². The molecule has 8 heteroatoms. The van der Waals surface area contributed by atoms with Crippen LogP contribution in [0.4, 0.5) is 0 Å². The quantitative estimate of drug-likeness (QED) is 0.819. The molecule has 1 aromatic rings. The average molecular weight is 376 g/mol. The first kappa shape index (κ1) is 18.4. The Morgan fingerprint density at radius 3 is 2.67 bits per heavy atom. The smallest absolute Gasteiger partial charge is 0.274 e. The summed E-state index contributed by atoms with van der Waals surface area (Å²) in [6.45, 7) is 4.51. The van der Waals surface area contributed by atoms with Gasteiger partial charge in [-0.2, -0.15) is 5.10 Å². The molecule has 0 bridgehead atoms. The molecule has 2 aliphatic heterocycles. The minimum atomic E-state index is -0.0474. The van der Waals surface area contributed by atoms with E-state index in [0.717, 1.165) is 43.4 Å². The van der Waals surface area contributed by atoms with Crippen LogP contribution in [0.15, 0.2) is 0 Å². The number of fused-ring (bicyclic) bond motifs is 1. The van der Waals surface area contributed by atoms with E-state index >= 15 is 0 Å². The van der Waals surface area contributed by atoms with E-state index < -0.39 is 0 Å². The van der Waals surface area contributed by atoms with Gasteiger partial charge in [-0.3, -0.25) is 14.3 Å². The second-order valence-corrected chi connectivity index (χ2v) is 7.48. The third kappa shape index (κ3) is 4.01. The van der Waals surface area contributed by atoms with Gasteiger partial charge in [0.05, 0.1) is 33.0 Å². The number of hydrogen-bond donors (Lipinski definition) is 1. The van der Waals surface area contributed by atoms with Crippen LogP contribution in [0.5, 0.6) is 0 Å². The topological polar surface area (TPSA) is 85.7 Å². The number of aromatic nitrogens is 2. The van der Waals surface area contributed by atoms with Crippen molar-refractivity contribution in [3.63, 3.8) is 0 Å². The Morgan fingerprint density at radius 1 is 1.11 bits per heavy atom. The second-order valence-electron chi connectivity index (χ2n) is 7.48. The van der Waals surface area contributed by atoms with Gasteiger partial charge in [-0.1, -0.05) is 12.8 Å². The minimum Gasteiger partial charge on any atom is -0.378 e. The van der Waals surface area contributed by atoms with Gasteiger partial charge >= 0.3 is 0 Å². The molecule has 1 saturated carbocycles. The van der Waals surface area contributed by atoms with Crippen LogP contribution in [0.25, 0.3) is 0 Å². The number of carbonyl (C=O) groups excluding carboxylic acids is 2. The number of rotatable bonds is 5. The Bertz CT molecular complexity index is 690. The summed E-state index contributed by atoms with van der Waals surface area (Å²) in [5.41, 5.74) is 2.46. The van der Waals surface area contributed by atoms with Crippen LogP contribution in [-0.2, 0) is 33.8 Å². The normalized spacial score (nSPS) is 20.5. The molecule has 0 unspecified atom stereocenters. The van der Waals surface area contributed by atoms with Crippen molar-refractivity contribution in [2.45, 2.75) is 45.3 Å². The molecule has 1 N–H and O–H groups in total. The average Bonchev–Trinajstić information content (AvgIpc) is 3.37. The summed E-state index contributed by atoms with van der Waals surface area (Å²) >= 11 is 0. The first-order valence-corrected chi connectivity index (χ1v) is 10.0. The molecule has 27 heavy (non-hydrogen) atoms. The van der Waals surface area contributed by atoms with E-state index in [0.29, 0.717) is 58.3 Å². The number of nitrogens with zero attached hydrogens (tertiary/aromatic N) is 3. The molecule has 2 amide bonds. The number of nitrogens with one attached hydrogen (secondary N) is 1. The summed E-state index contributed by atoms with van der Waals surface area (Å²) in [6.07, 6.45) is 5.04. The summed E-state index contributed by atoms with van der Waals surface area (Å²) < 4.78 is 12.8. The van der Waals surface area contributed by atoms with Crippen molar-refractivity contribution in [1.29, 1.82) is 0 Å². The summed E-state index contributed by atoms with van der Waals surface area (Å²) in [5, 5.41) is 7.65. The summed E-state index contributed by atoms with van der Waals surface area (Å²) in [6, 6.07) is 0. The van der Waals surface area contributed by atoms with E-state index in [1.54, 1.807) is 4.90 Å². The maximum atomic E-state index is 12.9. The Balaban J connectivity index is 1.43. The van der Waals surface area contributed by atoms with Crippen LogP contribution in [0, 0.1) is 5.92 Å². The second kappa shape index (κ2) is 8.39. The van der Waals surface area contributed by atoms with Gasteiger partial charge in [-0.05, 0) is 12.8 Å². The molecule has 8 nitrogen and oxygen atoms in total. The first-order chi connectivity index (χ1) is 13.2. The van der Waals surface area contributed by atoms with Gasteiger partial charge in [0, 0.05) is 43.2 Å². The highest BCUT2D eigenvalue weighted by molar-refractivity contribution is 5.94. The lowest BCUT2D eigenvalue weighted by Crippen LogP contribution is -2.41. The van der Waals surface area contributed by atoms with Gasteiger partial charge in [0.15, 0.2) is 5.69 Å². The molecule has 0 radical (unpaired) electrons. The number of ether oxygens (including phenoxy) is 2. The molecule has 0 aromatic carbocycles. The molecule has 1 aromatic heterocycles. The number of morpholine rings is 1. The monoisotopic (exact) mass is 376 g/mol. The van der Waals surface area contributed by atoms with Crippen LogP contribution in [0.1, 0.15) is 47.4 Å². The van der Waals surface area contributed by atoms with E-state index in [2.05, 4.69) is 10.4 Å². The Morgan fingerprint density at radius 2 is 1.89 bits per heavy atom. The van der Waals surface area contributed by atoms with Crippen molar-refractivity contribution < 1.29 is 19.1 Å². The predicted octanol–water partition coefficient (Wildman–Crippen LogP) is 0.735. The molecule has 0 atom stereocenters. The Labute approximate surface area is 159 Å². The summed E-state index contributed by atoms with van der Waals surface area (Å²) in [7, 11) is 0. The molecular weight excluding hydrogens is 348 g/mol. The van der Waals surface area contributed by atoms with E-state index in [9.17, 15) is 9.59 Å². The summed E-state index contributed by atoms with van der Waals surface area (Å²) in [4.78, 5) is 26.9. The molecule has 1 saturated heterocycles. The summed E-state index contributed by atoms with van der Waals surface area (Å²) in [5.74, 6) is 0.277. The SMILES string of the molecule is O=C(NCCn1nc(C(=O)N2CCOCC2)c2c1CCOC2)C1CCCC1. The van der Waals surface area contributed by atoms with Gasteiger partial charge in [0.25, 0.3) is 5.91 Å². The zero-order valence-corrected chi connectivity index (χ0v) is 15.7. The van der Waals surface area contributed by atoms with Crippen molar-refractivity contribution in [1.82, 2.24) is 20.0 Å². The van der Waals surface area contributed by atoms with E-state index in [1.165, 1.54) is 0 Å². The zero-order chi connectivity index (χ0) is 18.6. The number of hydrogen-bond acceptors (Lipinski definition) is 5. The molecule has 2 fully saturated rings. The standard InChI is InChI=1S/C19H28N4O4/c24-18(14-3-1-2-4-14)20-6-7-23-16-5-10-27-13-15(16)17(21-23)19(25)22-8-11-26-12-9-22/h14H,1-13H2,(H,20,24). The third-order valence-electron chi connectivity index (χ3n) is 5.75. The van der Waals surface area contributed by atoms with E-state index in [1.807, 2.05) is 4.68 Å². The number of carbonyl (C=O) groups is 2. The van der Waals surface area contributed by atoms with Crippen LogP contribution < -0.4 is 5.32 Å². The highest BCUT2D eigenvalue weighted by Gasteiger charge is 2.29. The Hall–Kier alpha value is -1.93. The molecule has 3 aliphatic rings. The van der Waals surface area contributed by atoms with Crippen molar-refractivity contribution in [3.05, 3.63) is 17.0 Å². The molecular formula is C19H28N4O4. The first-order valence-electron chi connectivity index (χ1n) is 10.0. The lowest BCUT2D eigenvalue weighted by Gasteiger charge is -2.26. The maximum absolute atomic E-state index is 12.9. The minimum absolute atomic E-state index is 0.0474. The largest absolute Gasteiger partial charge is 0.378 e. The predicted molar refractivity (Wildman–Crippen MR) is 97.3 cm³/mol. The molecule has 148 valence electrons. The van der Waals surface area contributed by atoms with Crippen molar-refractivity contribution >= 4 is 11.8 Å². The van der Waals surface area contributed by atoms with Crippen LogP contribution in [0.2, 0.25) is 0 Å². The Kier molecular flexibility index (Phi) is 5.73. The fourth-order valence-electron chi connectivity index (χ4n) is 4.20. The fourth-order valence-corrected chi connectivity index (χ4v) is 4.20. The van der Waals surface area contributed by atoms with Gasteiger partial charge < -0.3 is 19.7 Å². The molecule has 1 aliphatic carbocycles. The van der Waals surface area contributed by atoms with Crippen LogP contribution >= 0.6 is 0 Å². The van der Waals surface area contributed by atoms with Crippen LogP contribution in [0.3, 0.4) is 0 Å². The van der Waals surface area contributed by atoms with Gasteiger partial charge in [0.2, 0.25) is 5.91 Å². The van der Waals surface area contributed by atoms with Gasteiger partial charge in [0.1, 0.15) is 0 Å².